The number of aliphatic carboxylic acids is 1. The number of rotatable bonds is 2. The zero-order chi connectivity index (χ0) is 12.3. The number of carboxylic acid groups (broad SMARTS) is 1. The molecule has 0 aromatic carbocycles. The largest absolute Gasteiger partial charge is 0.480 e. The van der Waals surface area contributed by atoms with Gasteiger partial charge in [0.2, 0.25) is 5.91 Å². The summed E-state index contributed by atoms with van der Waals surface area (Å²) in [6, 6.07) is -0.773. The van der Waals surface area contributed by atoms with Gasteiger partial charge in [0, 0.05) is 6.54 Å². The van der Waals surface area contributed by atoms with Crippen LogP contribution in [0.3, 0.4) is 0 Å². The zero-order valence-corrected chi connectivity index (χ0v) is 10.0. The summed E-state index contributed by atoms with van der Waals surface area (Å²) in [5, 5.41) is 12.3. The Labute approximate surface area is 101 Å². The molecule has 2 unspecified atom stereocenters. The molecule has 2 fully saturated rings. The Hall–Kier alpha value is -1.10. The molecule has 2 heterocycles. The van der Waals surface area contributed by atoms with Crippen LogP contribution in [0.15, 0.2) is 0 Å². The zero-order valence-electron chi connectivity index (χ0n) is 10.0. The highest BCUT2D eigenvalue weighted by atomic mass is 16.4. The van der Waals surface area contributed by atoms with Crippen molar-refractivity contribution in [2.75, 3.05) is 13.1 Å². The predicted molar refractivity (Wildman–Crippen MR) is 62.6 cm³/mol. The first-order valence-corrected chi connectivity index (χ1v) is 6.47. The van der Waals surface area contributed by atoms with Crippen LogP contribution in [0.4, 0.5) is 0 Å². The average Bonchev–Trinajstić information content (AvgIpc) is 2.64. The van der Waals surface area contributed by atoms with Gasteiger partial charge < -0.3 is 15.3 Å². The number of hydrogen-bond donors (Lipinski definition) is 2. The van der Waals surface area contributed by atoms with Gasteiger partial charge in [-0.15, -0.1) is 0 Å². The Balaban J connectivity index is 2.00. The Bertz CT molecular complexity index is 298. The van der Waals surface area contributed by atoms with Gasteiger partial charge in [-0.25, -0.2) is 4.79 Å². The minimum atomic E-state index is -0.871. The molecule has 0 radical (unpaired) electrons. The SMILES string of the molecule is O=C(O)C1CCCN1C(=O)C1CCCCCN1. The maximum Gasteiger partial charge on any atom is 0.326 e. The van der Waals surface area contributed by atoms with Crippen LogP contribution in [-0.2, 0) is 9.59 Å². The van der Waals surface area contributed by atoms with Crippen LogP contribution in [0.5, 0.6) is 0 Å². The summed E-state index contributed by atoms with van der Waals surface area (Å²) < 4.78 is 0. The fraction of sp³-hybridized carbons (Fsp3) is 0.833. The monoisotopic (exact) mass is 240 g/mol. The van der Waals surface area contributed by atoms with E-state index in [0.29, 0.717) is 13.0 Å². The molecule has 0 saturated carbocycles. The van der Waals surface area contributed by atoms with Crippen molar-refractivity contribution in [2.24, 2.45) is 0 Å². The number of nitrogens with one attached hydrogen (secondary N) is 1. The topological polar surface area (TPSA) is 69.6 Å². The number of carbonyl (C=O) groups is 2. The highest BCUT2D eigenvalue weighted by molar-refractivity contribution is 5.87. The van der Waals surface area contributed by atoms with Crippen molar-refractivity contribution in [3.8, 4) is 0 Å². The van der Waals surface area contributed by atoms with Crippen molar-refractivity contribution in [1.82, 2.24) is 10.2 Å². The van der Waals surface area contributed by atoms with E-state index >= 15 is 0 Å². The molecule has 5 nitrogen and oxygen atoms in total. The third-order valence-corrected chi connectivity index (χ3v) is 3.68. The molecule has 0 aliphatic carbocycles. The standard InChI is InChI=1S/C12H20N2O3/c15-11(9-5-2-1-3-7-13-9)14-8-4-6-10(14)12(16)17/h9-10,13H,1-8H2,(H,16,17). The molecule has 0 aromatic heterocycles. The minimum Gasteiger partial charge on any atom is -0.480 e. The number of amides is 1. The maximum absolute atomic E-state index is 12.3. The van der Waals surface area contributed by atoms with E-state index in [9.17, 15) is 9.59 Å². The van der Waals surface area contributed by atoms with Crippen molar-refractivity contribution in [2.45, 2.75) is 50.6 Å². The third-order valence-electron chi connectivity index (χ3n) is 3.68. The molecule has 2 N–H and O–H groups in total. The molecule has 17 heavy (non-hydrogen) atoms. The second-order valence-electron chi connectivity index (χ2n) is 4.88. The molecule has 2 saturated heterocycles. The van der Waals surface area contributed by atoms with Crippen LogP contribution in [0.1, 0.15) is 38.5 Å². The van der Waals surface area contributed by atoms with E-state index in [0.717, 1.165) is 38.6 Å². The molecule has 2 aliphatic heterocycles. The lowest BCUT2D eigenvalue weighted by Gasteiger charge is -2.26. The molecule has 0 aromatic rings. The summed E-state index contributed by atoms with van der Waals surface area (Å²) in [6.07, 6.45) is 5.53. The van der Waals surface area contributed by atoms with E-state index in [4.69, 9.17) is 5.11 Å². The first-order chi connectivity index (χ1) is 8.20. The minimum absolute atomic E-state index is 0.0169. The summed E-state index contributed by atoms with van der Waals surface area (Å²) in [5.41, 5.74) is 0. The van der Waals surface area contributed by atoms with Gasteiger partial charge in [0.05, 0.1) is 6.04 Å². The van der Waals surface area contributed by atoms with E-state index in [1.54, 1.807) is 4.90 Å². The van der Waals surface area contributed by atoms with Crippen LogP contribution in [0, 0.1) is 0 Å². The second kappa shape index (κ2) is 5.49. The molecule has 2 atom stereocenters. The Morgan fingerprint density at radius 2 is 1.94 bits per heavy atom. The fourth-order valence-corrected chi connectivity index (χ4v) is 2.73. The lowest BCUT2D eigenvalue weighted by molar-refractivity contribution is -0.149. The van der Waals surface area contributed by atoms with Gasteiger partial charge in [0.1, 0.15) is 6.04 Å². The highest BCUT2D eigenvalue weighted by Gasteiger charge is 2.36. The van der Waals surface area contributed by atoms with E-state index in [2.05, 4.69) is 5.32 Å². The summed E-state index contributed by atoms with van der Waals surface area (Å²) in [4.78, 5) is 24.9. The van der Waals surface area contributed by atoms with Crippen molar-refractivity contribution in [3.63, 3.8) is 0 Å². The van der Waals surface area contributed by atoms with Crippen LogP contribution in [0.2, 0.25) is 0 Å². The molecule has 5 heteroatoms. The lowest BCUT2D eigenvalue weighted by Crippen LogP contribution is -2.50. The van der Waals surface area contributed by atoms with E-state index in [1.807, 2.05) is 0 Å². The Kier molecular flexibility index (Phi) is 3.99. The second-order valence-corrected chi connectivity index (χ2v) is 4.88. The van der Waals surface area contributed by atoms with Gasteiger partial charge in [-0.3, -0.25) is 4.79 Å². The predicted octanol–water partition coefficient (Wildman–Crippen LogP) is 0.594. The molecular weight excluding hydrogens is 220 g/mol. The molecule has 2 aliphatic rings. The van der Waals surface area contributed by atoms with Gasteiger partial charge in [0.15, 0.2) is 0 Å². The Morgan fingerprint density at radius 1 is 1.12 bits per heavy atom. The van der Waals surface area contributed by atoms with Gasteiger partial charge >= 0.3 is 5.97 Å². The van der Waals surface area contributed by atoms with Crippen LogP contribution >= 0.6 is 0 Å². The fourth-order valence-electron chi connectivity index (χ4n) is 2.73. The number of carboxylic acids is 1. The molecule has 0 spiro atoms. The van der Waals surface area contributed by atoms with Crippen molar-refractivity contribution >= 4 is 11.9 Å². The lowest BCUT2D eigenvalue weighted by atomic mass is 10.1. The summed E-state index contributed by atoms with van der Waals surface area (Å²) in [5.74, 6) is -0.888. The van der Waals surface area contributed by atoms with Gasteiger partial charge in [-0.2, -0.15) is 0 Å². The molecule has 0 bridgehead atoms. The third kappa shape index (κ3) is 2.77. The maximum atomic E-state index is 12.3. The first-order valence-electron chi connectivity index (χ1n) is 6.47. The number of hydrogen-bond acceptors (Lipinski definition) is 3. The Morgan fingerprint density at radius 3 is 2.71 bits per heavy atom. The van der Waals surface area contributed by atoms with Crippen LogP contribution in [0.25, 0.3) is 0 Å². The normalized spacial score (nSPS) is 30.0. The van der Waals surface area contributed by atoms with Gasteiger partial charge in [-0.1, -0.05) is 12.8 Å². The van der Waals surface area contributed by atoms with Crippen molar-refractivity contribution in [1.29, 1.82) is 0 Å². The number of carbonyl (C=O) groups excluding carboxylic acids is 1. The molecular formula is C12H20N2O3. The molecule has 2 rings (SSSR count). The smallest absolute Gasteiger partial charge is 0.326 e. The van der Waals surface area contributed by atoms with E-state index in [1.165, 1.54) is 0 Å². The van der Waals surface area contributed by atoms with E-state index in [-0.39, 0.29) is 11.9 Å². The summed E-state index contributed by atoms with van der Waals surface area (Å²) in [6.45, 7) is 1.45. The summed E-state index contributed by atoms with van der Waals surface area (Å²) in [7, 11) is 0. The quantitative estimate of drug-likeness (QED) is 0.741. The van der Waals surface area contributed by atoms with Gasteiger partial charge in [0.25, 0.3) is 0 Å². The summed E-state index contributed by atoms with van der Waals surface area (Å²) >= 11 is 0. The van der Waals surface area contributed by atoms with Crippen molar-refractivity contribution in [3.05, 3.63) is 0 Å². The van der Waals surface area contributed by atoms with Crippen LogP contribution in [-0.4, -0.2) is 47.1 Å². The van der Waals surface area contributed by atoms with Gasteiger partial charge in [-0.05, 0) is 32.2 Å². The first kappa shape index (κ1) is 12.4. The number of likely N-dealkylation sites (tertiary alicyclic amines) is 1. The highest BCUT2D eigenvalue weighted by Crippen LogP contribution is 2.20. The number of nitrogens with zero attached hydrogens (tertiary/aromatic N) is 1. The molecule has 1 amide bonds. The van der Waals surface area contributed by atoms with E-state index < -0.39 is 12.0 Å². The van der Waals surface area contributed by atoms with Crippen molar-refractivity contribution < 1.29 is 14.7 Å². The van der Waals surface area contributed by atoms with Crippen LogP contribution < -0.4 is 5.32 Å². The average molecular weight is 240 g/mol. The molecule has 96 valence electrons.